The Morgan fingerprint density at radius 1 is 1.09 bits per heavy atom. The minimum absolute atomic E-state index is 0.0247. The van der Waals surface area contributed by atoms with E-state index < -0.39 is 109 Å². The van der Waals surface area contributed by atoms with Gasteiger partial charge < -0.3 is 87.6 Å². The summed E-state index contributed by atoms with van der Waals surface area (Å²) in [6.45, 7) is 0.542. The first-order valence-corrected chi connectivity index (χ1v) is 14.8. The molecular weight excluding hydrogens is 590 g/mol. The van der Waals surface area contributed by atoms with Crippen molar-refractivity contribution in [2.24, 2.45) is 17.4 Å². The molecule has 1 amide bonds. The lowest BCUT2D eigenvalue weighted by Gasteiger charge is -2.52. The highest BCUT2D eigenvalue weighted by molar-refractivity contribution is 5.80. The van der Waals surface area contributed by atoms with Gasteiger partial charge in [-0.05, 0) is 33.4 Å². The van der Waals surface area contributed by atoms with E-state index >= 15 is 0 Å². The van der Waals surface area contributed by atoms with Crippen LogP contribution in [0.4, 0.5) is 0 Å². The number of nitrogens with two attached hydrogens (primary N) is 2. The van der Waals surface area contributed by atoms with Crippen LogP contribution in [0.5, 0.6) is 0 Å². The summed E-state index contributed by atoms with van der Waals surface area (Å²) < 4.78 is 17.6. The average Bonchev–Trinajstić information content (AvgIpc) is 2.96. The van der Waals surface area contributed by atoms with E-state index in [0.29, 0.717) is 0 Å². The zero-order valence-corrected chi connectivity index (χ0v) is 24.9. The fourth-order valence-electron chi connectivity index (χ4n) is 6.26. The Morgan fingerprint density at radius 3 is 2.39 bits per heavy atom. The van der Waals surface area contributed by atoms with Crippen LogP contribution in [-0.2, 0) is 19.0 Å². The number of nitrogens with one attached hydrogen (secondary N) is 3. The predicted molar refractivity (Wildman–Crippen MR) is 150 cm³/mol. The van der Waals surface area contributed by atoms with Crippen LogP contribution in [-0.4, -0.2) is 183 Å². The van der Waals surface area contributed by atoms with Crippen LogP contribution in [0.25, 0.3) is 0 Å². The van der Waals surface area contributed by atoms with Crippen molar-refractivity contribution < 1.29 is 65.0 Å². The number of carbonyl (C=O) groups excluding carboxylic acids is 1. The molecule has 44 heavy (non-hydrogen) atoms. The molecule has 3 aliphatic rings. The van der Waals surface area contributed by atoms with E-state index in [1.54, 1.807) is 0 Å². The quantitative estimate of drug-likeness (QED) is 0.0887. The van der Waals surface area contributed by atoms with Crippen LogP contribution in [0.3, 0.4) is 0 Å². The summed E-state index contributed by atoms with van der Waals surface area (Å²) in [6.07, 6.45) is -16.0. The van der Waals surface area contributed by atoms with E-state index in [9.17, 15) is 45.6 Å². The SMILES string of the molecule is CN[C@@H]1[C@@H](O)[C@@H](O[C@H]2[C@H](NC(=O)[C@@H](O)CCN)C[C@H](N)C([C@H]3O[C@H](CNCC(O)CO)[C@@H](O)[C@H](O)[C@H]3O)[C@@H]2O)OC[C@]1(C)O. The number of rotatable bonds is 13. The molecule has 0 aromatic heterocycles. The van der Waals surface area contributed by atoms with Gasteiger partial charge in [0.1, 0.15) is 42.2 Å². The molecule has 0 aromatic carbocycles. The van der Waals surface area contributed by atoms with Gasteiger partial charge in [0.05, 0.1) is 49.7 Å². The highest BCUT2D eigenvalue weighted by Gasteiger charge is 2.56. The van der Waals surface area contributed by atoms with Gasteiger partial charge in [-0.25, -0.2) is 0 Å². The average molecular weight is 642 g/mol. The number of ether oxygens (including phenoxy) is 3. The van der Waals surface area contributed by atoms with E-state index in [4.69, 9.17) is 30.8 Å². The summed E-state index contributed by atoms with van der Waals surface area (Å²) in [6, 6.07) is -2.94. The van der Waals surface area contributed by atoms with Gasteiger partial charge in [0.2, 0.25) is 5.91 Å². The molecule has 3 rings (SSSR count). The van der Waals surface area contributed by atoms with Gasteiger partial charge in [-0.3, -0.25) is 4.79 Å². The zero-order valence-electron chi connectivity index (χ0n) is 24.9. The summed E-state index contributed by atoms with van der Waals surface area (Å²) in [4.78, 5) is 12.7. The number of carbonyl (C=O) groups is 1. The fourth-order valence-corrected chi connectivity index (χ4v) is 6.26. The van der Waals surface area contributed by atoms with E-state index in [1.165, 1.54) is 14.0 Å². The second-order valence-electron chi connectivity index (χ2n) is 12.2. The molecular formula is C26H51N5O13. The maximum Gasteiger partial charge on any atom is 0.249 e. The fraction of sp³-hybridized carbons (Fsp3) is 0.962. The number of aliphatic hydroxyl groups excluding tert-OH is 8. The van der Waals surface area contributed by atoms with E-state index in [1.807, 2.05) is 0 Å². The highest BCUT2D eigenvalue weighted by atomic mass is 16.7. The largest absolute Gasteiger partial charge is 0.394 e. The second-order valence-corrected chi connectivity index (χ2v) is 12.2. The van der Waals surface area contributed by atoms with Gasteiger partial charge >= 0.3 is 0 Å². The molecule has 1 saturated carbocycles. The van der Waals surface area contributed by atoms with Gasteiger partial charge in [0.15, 0.2) is 6.29 Å². The van der Waals surface area contributed by atoms with Crippen molar-refractivity contribution >= 4 is 5.91 Å². The molecule has 0 radical (unpaired) electrons. The molecule has 0 bridgehead atoms. The number of aliphatic hydroxyl groups is 9. The molecule has 18 heteroatoms. The summed E-state index contributed by atoms with van der Waals surface area (Å²) in [7, 11) is 1.52. The lowest BCUT2D eigenvalue weighted by molar-refractivity contribution is -0.303. The Labute approximate surface area is 255 Å². The van der Waals surface area contributed by atoms with Crippen LogP contribution in [0.15, 0.2) is 0 Å². The molecule has 16 atom stereocenters. The third kappa shape index (κ3) is 8.40. The molecule has 18 nitrogen and oxygen atoms in total. The molecule has 0 spiro atoms. The van der Waals surface area contributed by atoms with Crippen molar-refractivity contribution in [3.63, 3.8) is 0 Å². The van der Waals surface area contributed by atoms with Crippen molar-refractivity contribution in [2.45, 2.75) is 111 Å². The minimum atomic E-state index is -1.71. The maximum absolute atomic E-state index is 12.7. The molecule has 3 fully saturated rings. The maximum atomic E-state index is 12.7. The first-order chi connectivity index (χ1) is 20.7. The van der Waals surface area contributed by atoms with Gasteiger partial charge in [-0.15, -0.1) is 0 Å². The number of likely N-dealkylation sites (N-methyl/N-ethyl adjacent to an activating group) is 1. The molecule has 1 aliphatic carbocycles. The number of hydrogen-bond acceptors (Lipinski definition) is 17. The van der Waals surface area contributed by atoms with E-state index in [-0.39, 0.29) is 39.1 Å². The van der Waals surface area contributed by atoms with Crippen LogP contribution >= 0.6 is 0 Å². The molecule has 2 saturated heterocycles. The molecule has 16 N–H and O–H groups in total. The van der Waals surface area contributed by atoms with Crippen molar-refractivity contribution in [1.82, 2.24) is 16.0 Å². The Kier molecular flexibility index (Phi) is 13.6. The second kappa shape index (κ2) is 16.1. The van der Waals surface area contributed by atoms with E-state index in [0.717, 1.165) is 0 Å². The van der Waals surface area contributed by atoms with Crippen LogP contribution in [0.2, 0.25) is 0 Å². The lowest BCUT2D eigenvalue weighted by atomic mass is 9.72. The van der Waals surface area contributed by atoms with Crippen molar-refractivity contribution in [2.75, 3.05) is 39.9 Å². The Morgan fingerprint density at radius 2 is 1.77 bits per heavy atom. The molecule has 2 unspecified atom stereocenters. The summed E-state index contributed by atoms with van der Waals surface area (Å²) in [5.74, 6) is -1.97. The normalized spacial score (nSPS) is 44.6. The van der Waals surface area contributed by atoms with Crippen LogP contribution in [0.1, 0.15) is 19.8 Å². The smallest absolute Gasteiger partial charge is 0.249 e. The first kappa shape index (κ1) is 37.3. The highest BCUT2D eigenvalue weighted by Crippen LogP contribution is 2.37. The summed E-state index contributed by atoms with van der Waals surface area (Å²) in [5.41, 5.74) is 10.4. The van der Waals surface area contributed by atoms with Gasteiger partial charge in [-0.1, -0.05) is 0 Å². The van der Waals surface area contributed by atoms with Crippen molar-refractivity contribution in [3.8, 4) is 0 Å². The molecule has 258 valence electrons. The Hall–Kier alpha value is -1.17. The predicted octanol–water partition coefficient (Wildman–Crippen LogP) is -7.88. The number of amides is 1. The van der Waals surface area contributed by atoms with Gasteiger partial charge in [-0.2, -0.15) is 0 Å². The minimum Gasteiger partial charge on any atom is -0.394 e. The lowest BCUT2D eigenvalue weighted by Crippen LogP contribution is -2.71. The Bertz CT molecular complexity index is 908. The monoisotopic (exact) mass is 641 g/mol. The van der Waals surface area contributed by atoms with Gasteiger partial charge in [0.25, 0.3) is 0 Å². The van der Waals surface area contributed by atoms with Crippen LogP contribution < -0.4 is 27.4 Å². The van der Waals surface area contributed by atoms with Gasteiger partial charge in [0, 0.05) is 25.0 Å². The third-order valence-corrected chi connectivity index (χ3v) is 8.72. The molecule has 2 aliphatic heterocycles. The topological polar surface area (TPSA) is 315 Å². The summed E-state index contributed by atoms with van der Waals surface area (Å²) in [5, 5.41) is 102. The van der Waals surface area contributed by atoms with Crippen molar-refractivity contribution in [3.05, 3.63) is 0 Å². The molecule has 0 aromatic rings. The van der Waals surface area contributed by atoms with Crippen LogP contribution in [0, 0.1) is 5.92 Å². The molecule has 2 heterocycles. The third-order valence-electron chi connectivity index (χ3n) is 8.72. The summed E-state index contributed by atoms with van der Waals surface area (Å²) >= 11 is 0. The standard InChI is InChI=1S/C26H51N5O13/c1-26(41)9-42-25(20(39)23(26)29-2)44-21-12(31-24(40)13(34)3-4-27)5-11(28)15(17(21)36)22-19(38)18(37)16(35)14(43-22)7-30-6-10(33)8-32/h10-23,25,29-30,32-39,41H,3-9,27-28H2,1-2H3,(H,31,40)/t10?,11-,12+,13-,14+,15?,16+,17-,18-,19+,20+,21-,22+,23+,25+,26-/m0/s1. The number of hydrogen-bond donors (Lipinski definition) is 14. The Balaban J connectivity index is 1.87. The first-order valence-electron chi connectivity index (χ1n) is 14.8. The van der Waals surface area contributed by atoms with Crippen molar-refractivity contribution in [1.29, 1.82) is 0 Å². The van der Waals surface area contributed by atoms with E-state index in [2.05, 4.69) is 16.0 Å². The zero-order chi connectivity index (χ0) is 32.9.